The molecule has 2 aliphatic rings. The number of hydrogen-bond donors (Lipinski definition) is 3. The third-order valence-corrected chi connectivity index (χ3v) is 11.1. The van der Waals surface area contributed by atoms with Crippen LogP contribution in [0.3, 0.4) is 0 Å². The molecule has 5 rings (SSSR count). The topological polar surface area (TPSA) is 70.5 Å². The van der Waals surface area contributed by atoms with Crippen molar-refractivity contribution in [2.45, 2.75) is 17.0 Å². The second kappa shape index (κ2) is 10.2. The molecule has 2 aliphatic heterocycles. The summed E-state index contributed by atoms with van der Waals surface area (Å²) < 4.78 is 31.7. The van der Waals surface area contributed by atoms with E-state index in [1.54, 1.807) is 24.3 Å². The molecule has 1 radical (unpaired) electrons. The number of rotatable bonds is 7. The summed E-state index contributed by atoms with van der Waals surface area (Å²) in [5.74, 6) is 0.780. The first kappa shape index (κ1) is 24.2. The standard InChI is InChI=1S/C27H32F2N5S/c28-22-9-3-1-7-20(22)24(30)17-33-19-35(34-15-13-32-14-16-34,27-12-6-5-11-26(27)33)18-25(31)21-8-2-4-10-23(21)29/h1-10,12,24-25,32H,13-19,30-31H2. The predicted molar refractivity (Wildman–Crippen MR) is 139 cm³/mol. The third kappa shape index (κ3) is 4.69. The van der Waals surface area contributed by atoms with E-state index in [0.29, 0.717) is 29.3 Å². The van der Waals surface area contributed by atoms with E-state index in [9.17, 15) is 8.78 Å². The van der Waals surface area contributed by atoms with Gasteiger partial charge in [-0.05, 0) is 18.2 Å². The molecule has 35 heavy (non-hydrogen) atoms. The van der Waals surface area contributed by atoms with Gasteiger partial charge in [0.15, 0.2) is 0 Å². The van der Waals surface area contributed by atoms with Gasteiger partial charge in [-0.15, -0.1) is 10.2 Å². The Kier molecular flexibility index (Phi) is 7.09. The lowest BCUT2D eigenvalue weighted by Gasteiger charge is -2.49. The Bertz CT molecular complexity index is 1170. The lowest BCUT2D eigenvalue weighted by molar-refractivity contribution is 0.385. The van der Waals surface area contributed by atoms with Gasteiger partial charge in [-0.2, -0.15) is 0 Å². The number of nitrogens with one attached hydrogen (secondary N) is 1. The largest absolute Gasteiger partial charge is 0.359 e. The number of para-hydroxylation sites is 1. The Morgan fingerprint density at radius 1 is 0.886 bits per heavy atom. The van der Waals surface area contributed by atoms with Crippen LogP contribution in [0.15, 0.2) is 71.6 Å². The number of benzene rings is 3. The normalized spacial score (nSPS) is 23.9. The molecule has 8 heteroatoms. The Morgan fingerprint density at radius 2 is 1.51 bits per heavy atom. The van der Waals surface area contributed by atoms with Crippen molar-refractivity contribution < 1.29 is 8.78 Å². The first-order chi connectivity index (χ1) is 17.0. The van der Waals surface area contributed by atoms with E-state index in [0.717, 1.165) is 31.9 Å². The summed E-state index contributed by atoms with van der Waals surface area (Å²) >= 11 is 0. The van der Waals surface area contributed by atoms with Gasteiger partial charge >= 0.3 is 0 Å². The fraction of sp³-hybridized carbons (Fsp3) is 0.333. The highest BCUT2D eigenvalue weighted by Crippen LogP contribution is 2.67. The highest BCUT2D eigenvalue weighted by Gasteiger charge is 2.44. The zero-order chi connectivity index (χ0) is 24.4. The van der Waals surface area contributed by atoms with Crippen LogP contribution >= 0.6 is 10.2 Å². The quantitative estimate of drug-likeness (QED) is 0.463. The second-order valence-corrected chi connectivity index (χ2v) is 12.4. The lowest BCUT2D eigenvalue weighted by Crippen LogP contribution is -2.47. The Hall–Kier alpha value is -2.49. The van der Waals surface area contributed by atoms with Crippen LogP contribution in [0.5, 0.6) is 0 Å². The van der Waals surface area contributed by atoms with Crippen LogP contribution in [-0.4, -0.2) is 48.7 Å². The van der Waals surface area contributed by atoms with Crippen LogP contribution in [0.2, 0.25) is 0 Å². The highest BCUT2D eigenvalue weighted by molar-refractivity contribution is 8.32. The van der Waals surface area contributed by atoms with Crippen LogP contribution in [0.1, 0.15) is 23.2 Å². The third-order valence-electron chi connectivity index (χ3n) is 6.94. The highest BCUT2D eigenvalue weighted by atomic mass is 32.3. The molecule has 0 aromatic heterocycles. The Balaban J connectivity index is 1.51. The summed E-state index contributed by atoms with van der Waals surface area (Å²) in [7, 11) is -1.63. The zero-order valence-corrected chi connectivity index (χ0v) is 20.5. The number of piperazine rings is 1. The minimum absolute atomic E-state index is 0.272. The molecule has 0 bridgehead atoms. The molecular formula is C27H32F2N5S. The van der Waals surface area contributed by atoms with Crippen LogP contribution in [0, 0.1) is 17.7 Å². The lowest BCUT2D eigenvalue weighted by atomic mass is 10.1. The molecular weight excluding hydrogens is 464 g/mol. The van der Waals surface area contributed by atoms with E-state index in [1.807, 2.05) is 24.3 Å². The van der Waals surface area contributed by atoms with E-state index < -0.39 is 22.3 Å². The number of halogens is 2. The maximum atomic E-state index is 14.7. The first-order valence-electron chi connectivity index (χ1n) is 12.0. The Morgan fingerprint density at radius 3 is 2.17 bits per heavy atom. The van der Waals surface area contributed by atoms with Crippen molar-refractivity contribution in [3.8, 4) is 0 Å². The monoisotopic (exact) mass is 496 g/mol. The summed E-state index contributed by atoms with van der Waals surface area (Å²) in [6, 6.07) is 22.0. The number of anilines is 1. The number of nitrogens with two attached hydrogens (primary N) is 2. The summed E-state index contributed by atoms with van der Waals surface area (Å²) in [5, 5.41) is 3.44. The molecule has 3 atom stereocenters. The fourth-order valence-corrected chi connectivity index (χ4v) is 9.60. The van der Waals surface area contributed by atoms with Gasteiger partial charge in [-0.1, -0.05) is 48.5 Å². The van der Waals surface area contributed by atoms with Crippen LogP contribution in [0.25, 0.3) is 0 Å². The van der Waals surface area contributed by atoms with Gasteiger partial charge in [-0.3, -0.25) is 4.31 Å². The molecule has 3 aromatic carbocycles. The molecule has 5 N–H and O–H groups in total. The van der Waals surface area contributed by atoms with Gasteiger partial charge < -0.3 is 21.7 Å². The number of nitrogens with zero attached hydrogens (tertiary/aromatic N) is 2. The van der Waals surface area contributed by atoms with E-state index in [-0.39, 0.29) is 11.6 Å². The van der Waals surface area contributed by atoms with Gasteiger partial charge in [-0.25, -0.2) is 8.78 Å². The summed E-state index contributed by atoms with van der Waals surface area (Å²) in [6.45, 7) is 4.03. The van der Waals surface area contributed by atoms with Gasteiger partial charge in [0, 0.05) is 66.6 Å². The van der Waals surface area contributed by atoms with E-state index in [2.05, 4.69) is 26.7 Å². The smallest absolute Gasteiger partial charge is 0.128 e. The minimum Gasteiger partial charge on any atom is -0.359 e. The molecule has 5 nitrogen and oxygen atoms in total. The summed E-state index contributed by atoms with van der Waals surface area (Å²) in [5.41, 5.74) is 15.3. The SMILES string of the molecule is NC(CN1CS(CC(N)c2ccccc2F)(N2CCNCC2)c2ccc[c]c21)c1ccccc1F. The molecule has 0 aliphatic carbocycles. The number of hydrogen-bond acceptors (Lipinski definition) is 5. The summed E-state index contributed by atoms with van der Waals surface area (Å²) in [6.07, 6.45) is 0. The fourth-order valence-electron chi connectivity index (χ4n) is 5.24. The molecule has 1 fully saturated rings. The van der Waals surface area contributed by atoms with Crippen molar-refractivity contribution in [1.29, 1.82) is 0 Å². The van der Waals surface area contributed by atoms with Gasteiger partial charge in [0.1, 0.15) is 11.6 Å². The van der Waals surface area contributed by atoms with Crippen molar-refractivity contribution in [2.24, 2.45) is 11.5 Å². The van der Waals surface area contributed by atoms with Crippen molar-refractivity contribution in [1.82, 2.24) is 9.62 Å². The predicted octanol–water partition coefficient (Wildman–Crippen LogP) is 3.93. The molecule has 2 heterocycles. The van der Waals surface area contributed by atoms with Crippen molar-refractivity contribution in [2.75, 3.05) is 49.3 Å². The maximum absolute atomic E-state index is 14.7. The molecule has 1 saturated heterocycles. The maximum Gasteiger partial charge on any atom is 0.128 e. The molecule has 0 saturated carbocycles. The molecule has 0 amide bonds. The molecule has 185 valence electrons. The van der Waals surface area contributed by atoms with E-state index in [1.165, 1.54) is 17.0 Å². The molecule has 3 unspecified atom stereocenters. The Labute approximate surface area is 207 Å². The van der Waals surface area contributed by atoms with Gasteiger partial charge in [0.05, 0.1) is 17.6 Å². The molecule has 0 spiro atoms. The molecule has 3 aromatic rings. The van der Waals surface area contributed by atoms with E-state index >= 15 is 0 Å². The average Bonchev–Trinajstić information content (AvgIpc) is 3.19. The minimum atomic E-state index is -1.63. The van der Waals surface area contributed by atoms with Crippen LogP contribution < -0.4 is 21.7 Å². The zero-order valence-electron chi connectivity index (χ0n) is 19.7. The first-order valence-corrected chi connectivity index (χ1v) is 13.9. The van der Waals surface area contributed by atoms with Crippen LogP contribution in [-0.2, 0) is 0 Å². The second-order valence-electron chi connectivity index (χ2n) is 9.18. The van der Waals surface area contributed by atoms with Crippen molar-refractivity contribution in [3.05, 3.63) is 95.6 Å². The van der Waals surface area contributed by atoms with Crippen molar-refractivity contribution >= 4 is 15.9 Å². The van der Waals surface area contributed by atoms with Crippen molar-refractivity contribution in [3.63, 3.8) is 0 Å². The van der Waals surface area contributed by atoms with Crippen LogP contribution in [0.4, 0.5) is 14.5 Å². The van der Waals surface area contributed by atoms with E-state index in [4.69, 9.17) is 11.5 Å². The van der Waals surface area contributed by atoms with Gasteiger partial charge in [0.25, 0.3) is 0 Å². The van der Waals surface area contributed by atoms with Gasteiger partial charge in [0.2, 0.25) is 0 Å². The number of fused-ring (bicyclic) bond motifs is 1. The average molecular weight is 497 g/mol. The summed E-state index contributed by atoms with van der Waals surface area (Å²) in [4.78, 5) is 3.44.